The summed E-state index contributed by atoms with van der Waals surface area (Å²) in [7, 11) is 0. The van der Waals surface area contributed by atoms with Gasteiger partial charge in [0.25, 0.3) is 5.91 Å². The second kappa shape index (κ2) is 5.00. The number of nitrogen functional groups attached to an aromatic ring is 1. The molecule has 3 rings (SSSR count). The van der Waals surface area contributed by atoms with E-state index in [0.717, 1.165) is 10.9 Å². The molecule has 0 fully saturated rings. The van der Waals surface area contributed by atoms with Crippen LogP contribution in [-0.2, 0) is 6.54 Å². The molecule has 0 aliphatic rings. The van der Waals surface area contributed by atoms with Gasteiger partial charge in [-0.3, -0.25) is 4.79 Å². The van der Waals surface area contributed by atoms with Crippen molar-refractivity contribution >= 4 is 22.5 Å². The number of anilines is 1. The molecule has 1 aromatic carbocycles. The van der Waals surface area contributed by atoms with Gasteiger partial charge in [-0.15, -0.1) is 0 Å². The Morgan fingerprint density at radius 1 is 1.35 bits per heavy atom. The van der Waals surface area contributed by atoms with Gasteiger partial charge in [0, 0.05) is 29.0 Å². The summed E-state index contributed by atoms with van der Waals surface area (Å²) in [5.74, 6) is -0.160. The van der Waals surface area contributed by atoms with E-state index in [2.05, 4.69) is 20.5 Å². The van der Waals surface area contributed by atoms with Crippen molar-refractivity contribution in [2.75, 3.05) is 5.73 Å². The molecule has 6 nitrogen and oxygen atoms in total. The van der Waals surface area contributed by atoms with Crippen LogP contribution < -0.4 is 11.1 Å². The second-order valence-electron chi connectivity index (χ2n) is 4.41. The molecule has 2 aromatic heterocycles. The number of rotatable bonds is 3. The number of H-pyrrole nitrogens is 1. The van der Waals surface area contributed by atoms with Gasteiger partial charge in [0.15, 0.2) is 0 Å². The number of nitrogens with two attached hydrogens (primary N) is 1. The Labute approximate surface area is 115 Å². The highest BCUT2D eigenvalue weighted by Gasteiger charge is 2.11. The molecule has 0 saturated heterocycles. The number of nitrogens with one attached hydrogen (secondary N) is 2. The fourth-order valence-electron chi connectivity index (χ4n) is 2.03. The lowest BCUT2D eigenvalue weighted by molar-refractivity contribution is 0.0952. The number of aromatic amines is 1. The number of nitrogens with zero attached hydrogens (tertiary/aromatic N) is 2. The third kappa shape index (κ3) is 2.31. The van der Waals surface area contributed by atoms with Crippen LogP contribution >= 0.6 is 0 Å². The predicted molar refractivity (Wildman–Crippen MR) is 75.9 cm³/mol. The number of carbonyl (C=O) groups excluding carboxylic acids is 1. The Bertz CT molecular complexity index is 751. The van der Waals surface area contributed by atoms with Crippen molar-refractivity contribution in [2.45, 2.75) is 6.54 Å². The molecule has 2 heterocycles. The highest BCUT2D eigenvalue weighted by molar-refractivity contribution is 6.07. The summed E-state index contributed by atoms with van der Waals surface area (Å²) < 4.78 is 0. The first-order chi connectivity index (χ1) is 9.74. The van der Waals surface area contributed by atoms with Crippen LogP contribution in [0.2, 0.25) is 0 Å². The van der Waals surface area contributed by atoms with E-state index in [1.54, 1.807) is 30.6 Å². The quantitative estimate of drug-likeness (QED) is 0.626. The minimum atomic E-state index is -0.160. The van der Waals surface area contributed by atoms with Gasteiger partial charge in [-0.05, 0) is 30.3 Å². The van der Waals surface area contributed by atoms with E-state index in [-0.39, 0.29) is 5.91 Å². The molecule has 0 radical (unpaired) electrons. The van der Waals surface area contributed by atoms with E-state index in [0.29, 0.717) is 23.5 Å². The standard InChI is InChI=1S/C14H13N5O/c15-9-3-4-11-12(8-16-13(11)6-9)14(20)17-7-10-2-1-5-18-19-10/h1-6,8,16H,7,15H2,(H,17,20). The molecular formula is C14H13N5O. The molecule has 0 saturated carbocycles. The zero-order valence-corrected chi connectivity index (χ0v) is 10.6. The van der Waals surface area contributed by atoms with Crippen LogP contribution in [0, 0.1) is 0 Å². The first kappa shape index (κ1) is 12.2. The molecule has 3 aromatic rings. The highest BCUT2D eigenvalue weighted by atomic mass is 16.1. The summed E-state index contributed by atoms with van der Waals surface area (Å²) in [5.41, 5.74) is 8.51. The maximum atomic E-state index is 12.2. The molecular weight excluding hydrogens is 254 g/mol. The van der Waals surface area contributed by atoms with E-state index in [1.165, 1.54) is 0 Å². The van der Waals surface area contributed by atoms with E-state index < -0.39 is 0 Å². The fourth-order valence-corrected chi connectivity index (χ4v) is 2.03. The van der Waals surface area contributed by atoms with Crippen LogP contribution in [-0.4, -0.2) is 21.1 Å². The predicted octanol–water partition coefficient (Wildman–Crippen LogP) is 1.47. The summed E-state index contributed by atoms with van der Waals surface area (Å²) in [6.07, 6.45) is 3.27. The number of aromatic nitrogens is 3. The summed E-state index contributed by atoms with van der Waals surface area (Å²) in [4.78, 5) is 15.2. The SMILES string of the molecule is Nc1ccc2c(C(=O)NCc3cccnn3)c[nH]c2c1. The lowest BCUT2D eigenvalue weighted by Gasteiger charge is -2.03. The summed E-state index contributed by atoms with van der Waals surface area (Å²) in [6, 6.07) is 9.00. The van der Waals surface area contributed by atoms with Crippen molar-refractivity contribution in [3.8, 4) is 0 Å². The minimum absolute atomic E-state index is 0.160. The van der Waals surface area contributed by atoms with Crippen molar-refractivity contribution in [3.63, 3.8) is 0 Å². The van der Waals surface area contributed by atoms with E-state index in [9.17, 15) is 4.79 Å². The molecule has 4 N–H and O–H groups in total. The van der Waals surface area contributed by atoms with E-state index in [1.807, 2.05) is 12.1 Å². The molecule has 0 atom stereocenters. The third-order valence-electron chi connectivity index (χ3n) is 3.01. The van der Waals surface area contributed by atoms with E-state index >= 15 is 0 Å². The lowest BCUT2D eigenvalue weighted by Crippen LogP contribution is -2.23. The van der Waals surface area contributed by atoms with Gasteiger partial charge in [0.05, 0.1) is 17.8 Å². The normalized spacial score (nSPS) is 10.6. The van der Waals surface area contributed by atoms with Crippen LogP contribution in [0.25, 0.3) is 10.9 Å². The van der Waals surface area contributed by atoms with Gasteiger partial charge in [0.2, 0.25) is 0 Å². The molecule has 0 aliphatic heterocycles. The number of benzene rings is 1. The third-order valence-corrected chi connectivity index (χ3v) is 3.01. The molecule has 1 amide bonds. The number of hydrogen-bond donors (Lipinski definition) is 3. The topological polar surface area (TPSA) is 96.7 Å². The van der Waals surface area contributed by atoms with Crippen molar-refractivity contribution < 1.29 is 4.79 Å². The Hall–Kier alpha value is -2.89. The van der Waals surface area contributed by atoms with Gasteiger partial charge in [0.1, 0.15) is 0 Å². The Morgan fingerprint density at radius 3 is 3.05 bits per heavy atom. The molecule has 0 aliphatic carbocycles. The summed E-state index contributed by atoms with van der Waals surface area (Å²) >= 11 is 0. The van der Waals surface area contributed by atoms with Crippen molar-refractivity contribution in [1.82, 2.24) is 20.5 Å². The zero-order chi connectivity index (χ0) is 13.9. The second-order valence-corrected chi connectivity index (χ2v) is 4.41. The largest absolute Gasteiger partial charge is 0.399 e. The highest BCUT2D eigenvalue weighted by Crippen LogP contribution is 2.20. The molecule has 0 spiro atoms. The molecule has 20 heavy (non-hydrogen) atoms. The molecule has 0 bridgehead atoms. The fraction of sp³-hybridized carbons (Fsp3) is 0.0714. The van der Waals surface area contributed by atoms with Crippen molar-refractivity contribution in [2.24, 2.45) is 0 Å². The van der Waals surface area contributed by atoms with E-state index in [4.69, 9.17) is 5.73 Å². The number of fused-ring (bicyclic) bond motifs is 1. The Kier molecular flexibility index (Phi) is 3.04. The van der Waals surface area contributed by atoms with Gasteiger partial charge in [-0.1, -0.05) is 0 Å². The number of carbonyl (C=O) groups is 1. The summed E-state index contributed by atoms with van der Waals surface area (Å²) in [6.45, 7) is 0.342. The average Bonchev–Trinajstić information content (AvgIpc) is 2.89. The molecule has 6 heteroatoms. The summed E-state index contributed by atoms with van der Waals surface area (Å²) in [5, 5.41) is 11.3. The maximum Gasteiger partial charge on any atom is 0.253 e. The molecule has 100 valence electrons. The Balaban J connectivity index is 1.79. The number of amides is 1. The van der Waals surface area contributed by atoms with Crippen LogP contribution in [0.3, 0.4) is 0 Å². The van der Waals surface area contributed by atoms with Crippen LogP contribution in [0.5, 0.6) is 0 Å². The zero-order valence-electron chi connectivity index (χ0n) is 10.6. The monoisotopic (exact) mass is 267 g/mol. The maximum absolute atomic E-state index is 12.2. The van der Waals surface area contributed by atoms with Gasteiger partial charge < -0.3 is 16.0 Å². The van der Waals surface area contributed by atoms with Gasteiger partial charge in [-0.25, -0.2) is 0 Å². The lowest BCUT2D eigenvalue weighted by atomic mass is 10.1. The van der Waals surface area contributed by atoms with Crippen molar-refractivity contribution in [3.05, 3.63) is 54.0 Å². The van der Waals surface area contributed by atoms with Crippen LogP contribution in [0.15, 0.2) is 42.7 Å². The Morgan fingerprint density at radius 2 is 2.25 bits per heavy atom. The minimum Gasteiger partial charge on any atom is -0.399 e. The van der Waals surface area contributed by atoms with Gasteiger partial charge >= 0.3 is 0 Å². The first-order valence-corrected chi connectivity index (χ1v) is 6.15. The first-order valence-electron chi connectivity index (χ1n) is 6.15. The number of hydrogen-bond acceptors (Lipinski definition) is 4. The molecule has 0 unspecified atom stereocenters. The van der Waals surface area contributed by atoms with Crippen molar-refractivity contribution in [1.29, 1.82) is 0 Å². The van der Waals surface area contributed by atoms with Crippen LogP contribution in [0.1, 0.15) is 16.1 Å². The van der Waals surface area contributed by atoms with Crippen LogP contribution in [0.4, 0.5) is 5.69 Å². The van der Waals surface area contributed by atoms with Gasteiger partial charge in [-0.2, -0.15) is 10.2 Å². The average molecular weight is 267 g/mol. The smallest absolute Gasteiger partial charge is 0.253 e.